The van der Waals surface area contributed by atoms with Gasteiger partial charge in [-0.15, -0.1) is 0 Å². The third kappa shape index (κ3) is 4.72. The van der Waals surface area contributed by atoms with Gasteiger partial charge in [-0.2, -0.15) is 5.10 Å². The fourth-order valence-corrected chi connectivity index (χ4v) is 4.08. The van der Waals surface area contributed by atoms with E-state index in [1.54, 1.807) is 56.3 Å². The van der Waals surface area contributed by atoms with Gasteiger partial charge in [0.1, 0.15) is 5.75 Å². The van der Waals surface area contributed by atoms with Gasteiger partial charge >= 0.3 is 0 Å². The lowest BCUT2D eigenvalue weighted by molar-refractivity contribution is -0.126. The molecule has 1 aliphatic heterocycles. The van der Waals surface area contributed by atoms with E-state index >= 15 is 0 Å². The molecule has 1 fully saturated rings. The van der Waals surface area contributed by atoms with Gasteiger partial charge in [-0.05, 0) is 39.0 Å². The van der Waals surface area contributed by atoms with E-state index in [0.717, 1.165) is 0 Å². The molecule has 2 N–H and O–H groups in total. The topological polar surface area (TPSA) is 123 Å². The number of benzene rings is 2. The Balaban J connectivity index is 1.49. The molecule has 1 unspecified atom stereocenters. The van der Waals surface area contributed by atoms with Gasteiger partial charge in [-0.3, -0.25) is 30.0 Å². The standard InChI is InChI=1S/C25H27N5O5/c1-4-35-20-12-8-7-11-19(20)29-14-16(13-21(29)31)23(32)26-27-24(33)22-17-9-5-6-10-18(17)25(34)30(28-22)15(2)3/h5-12,15-16H,4,13-14H2,1-3H3,(H,26,32)(H,27,33). The minimum atomic E-state index is -0.660. The highest BCUT2D eigenvalue weighted by molar-refractivity contribution is 6.06. The minimum Gasteiger partial charge on any atom is -0.492 e. The van der Waals surface area contributed by atoms with Crippen LogP contribution in [0.5, 0.6) is 5.75 Å². The van der Waals surface area contributed by atoms with Crippen molar-refractivity contribution in [2.24, 2.45) is 5.92 Å². The largest absolute Gasteiger partial charge is 0.492 e. The van der Waals surface area contributed by atoms with Gasteiger partial charge in [-0.25, -0.2) is 4.68 Å². The Hall–Kier alpha value is -4.21. The Morgan fingerprint density at radius 1 is 1.06 bits per heavy atom. The molecule has 182 valence electrons. The molecule has 2 aromatic carbocycles. The summed E-state index contributed by atoms with van der Waals surface area (Å²) in [5.74, 6) is -1.46. The predicted octanol–water partition coefficient (Wildman–Crippen LogP) is 2.19. The molecule has 1 aromatic heterocycles. The number of nitrogens with one attached hydrogen (secondary N) is 2. The molecule has 3 amide bonds. The van der Waals surface area contributed by atoms with Crippen LogP contribution in [0.25, 0.3) is 10.8 Å². The quantitative estimate of drug-likeness (QED) is 0.525. The normalized spacial score (nSPS) is 15.5. The molecule has 10 nitrogen and oxygen atoms in total. The zero-order valence-corrected chi connectivity index (χ0v) is 19.8. The maximum absolute atomic E-state index is 12.9. The summed E-state index contributed by atoms with van der Waals surface area (Å²) in [6, 6.07) is 13.6. The summed E-state index contributed by atoms with van der Waals surface area (Å²) in [6.07, 6.45) is 0.00156. The van der Waals surface area contributed by atoms with E-state index in [2.05, 4.69) is 16.0 Å². The van der Waals surface area contributed by atoms with Crippen molar-refractivity contribution in [3.05, 3.63) is 64.6 Å². The number of ether oxygens (including phenoxy) is 1. The highest BCUT2D eigenvalue weighted by atomic mass is 16.5. The second-order valence-corrected chi connectivity index (χ2v) is 8.49. The summed E-state index contributed by atoms with van der Waals surface area (Å²) in [5.41, 5.74) is 5.11. The van der Waals surface area contributed by atoms with Crippen LogP contribution < -0.4 is 26.0 Å². The summed E-state index contributed by atoms with van der Waals surface area (Å²) < 4.78 is 6.85. The number of anilines is 1. The van der Waals surface area contributed by atoms with Crippen molar-refractivity contribution < 1.29 is 19.1 Å². The van der Waals surface area contributed by atoms with Crippen LogP contribution >= 0.6 is 0 Å². The number of amides is 3. The molecule has 1 saturated heterocycles. The van der Waals surface area contributed by atoms with Gasteiger partial charge < -0.3 is 9.64 Å². The summed E-state index contributed by atoms with van der Waals surface area (Å²) in [6.45, 7) is 6.04. The first-order valence-corrected chi connectivity index (χ1v) is 11.5. The van der Waals surface area contributed by atoms with Crippen LogP contribution in [0.2, 0.25) is 0 Å². The monoisotopic (exact) mass is 477 g/mol. The molecule has 35 heavy (non-hydrogen) atoms. The number of hydrogen-bond donors (Lipinski definition) is 2. The van der Waals surface area contributed by atoms with Crippen molar-refractivity contribution in [2.45, 2.75) is 33.2 Å². The average molecular weight is 478 g/mol. The lowest BCUT2D eigenvalue weighted by Gasteiger charge is -2.20. The molecule has 4 rings (SSSR count). The summed E-state index contributed by atoms with van der Waals surface area (Å²) in [5, 5.41) is 4.97. The number of nitrogens with zero attached hydrogens (tertiary/aromatic N) is 3. The average Bonchev–Trinajstić information content (AvgIpc) is 3.24. The third-order valence-corrected chi connectivity index (χ3v) is 5.78. The van der Waals surface area contributed by atoms with Crippen LogP contribution in [0, 0.1) is 5.92 Å². The van der Waals surface area contributed by atoms with Crippen LogP contribution in [0.4, 0.5) is 5.69 Å². The summed E-state index contributed by atoms with van der Waals surface area (Å²) in [4.78, 5) is 52.6. The fraction of sp³-hybridized carbons (Fsp3) is 0.320. The number of fused-ring (bicyclic) bond motifs is 1. The third-order valence-electron chi connectivity index (χ3n) is 5.78. The van der Waals surface area contributed by atoms with Crippen LogP contribution in [0.1, 0.15) is 43.7 Å². The first-order valence-electron chi connectivity index (χ1n) is 11.5. The summed E-state index contributed by atoms with van der Waals surface area (Å²) in [7, 11) is 0. The second kappa shape index (κ2) is 9.96. The lowest BCUT2D eigenvalue weighted by atomic mass is 10.1. The summed E-state index contributed by atoms with van der Waals surface area (Å²) >= 11 is 0. The van der Waals surface area contributed by atoms with Gasteiger partial charge in [0.2, 0.25) is 11.8 Å². The van der Waals surface area contributed by atoms with Gasteiger partial charge in [0.25, 0.3) is 11.5 Å². The van der Waals surface area contributed by atoms with Gasteiger partial charge in [0, 0.05) is 18.4 Å². The van der Waals surface area contributed by atoms with Gasteiger partial charge in [0.05, 0.1) is 29.6 Å². The van der Waals surface area contributed by atoms with Crippen LogP contribution in [0.3, 0.4) is 0 Å². The van der Waals surface area contributed by atoms with Crippen molar-refractivity contribution in [3.63, 3.8) is 0 Å². The zero-order chi connectivity index (χ0) is 25.1. The molecule has 0 saturated carbocycles. The highest BCUT2D eigenvalue weighted by Gasteiger charge is 2.36. The van der Waals surface area contributed by atoms with Crippen LogP contribution in [-0.4, -0.2) is 40.7 Å². The van der Waals surface area contributed by atoms with Crippen molar-refractivity contribution in [2.75, 3.05) is 18.1 Å². The molecule has 3 aromatic rings. The zero-order valence-electron chi connectivity index (χ0n) is 19.8. The molecular formula is C25H27N5O5. The number of hydrogen-bond acceptors (Lipinski definition) is 6. The Kier molecular flexibility index (Phi) is 6.81. The van der Waals surface area contributed by atoms with E-state index in [-0.39, 0.29) is 36.2 Å². The number of carbonyl (C=O) groups excluding carboxylic acids is 3. The first-order chi connectivity index (χ1) is 16.8. The Morgan fingerprint density at radius 3 is 2.46 bits per heavy atom. The van der Waals surface area contributed by atoms with E-state index in [1.165, 1.54) is 9.58 Å². The fourth-order valence-electron chi connectivity index (χ4n) is 4.08. The van der Waals surface area contributed by atoms with E-state index in [9.17, 15) is 19.2 Å². The Morgan fingerprint density at radius 2 is 1.74 bits per heavy atom. The van der Waals surface area contributed by atoms with Crippen molar-refractivity contribution in [1.29, 1.82) is 0 Å². The van der Waals surface area contributed by atoms with Crippen LogP contribution in [-0.2, 0) is 9.59 Å². The number of rotatable bonds is 6. The molecular weight excluding hydrogens is 450 g/mol. The lowest BCUT2D eigenvalue weighted by Crippen LogP contribution is -2.46. The molecule has 0 aliphatic carbocycles. The Bertz CT molecular complexity index is 1350. The number of carbonyl (C=O) groups is 3. The predicted molar refractivity (Wildman–Crippen MR) is 130 cm³/mol. The Labute approximate surface area is 201 Å². The molecule has 0 radical (unpaired) electrons. The van der Waals surface area contributed by atoms with Gasteiger partial charge in [-0.1, -0.05) is 30.3 Å². The molecule has 1 aliphatic rings. The second-order valence-electron chi connectivity index (χ2n) is 8.49. The maximum Gasteiger partial charge on any atom is 0.290 e. The maximum atomic E-state index is 12.9. The number of aromatic nitrogens is 2. The molecule has 10 heteroatoms. The van der Waals surface area contributed by atoms with E-state index in [1.807, 2.05) is 13.0 Å². The van der Waals surface area contributed by atoms with Gasteiger partial charge in [0.15, 0.2) is 5.69 Å². The van der Waals surface area contributed by atoms with E-state index in [4.69, 9.17) is 4.74 Å². The number of para-hydroxylation sites is 2. The molecule has 0 bridgehead atoms. The van der Waals surface area contributed by atoms with Crippen molar-refractivity contribution in [3.8, 4) is 5.75 Å². The number of hydrazine groups is 1. The molecule has 1 atom stereocenters. The first kappa shape index (κ1) is 23.9. The SMILES string of the molecule is CCOc1ccccc1N1CC(C(=O)NNC(=O)c2nn(C(C)C)c(=O)c3ccccc23)CC1=O. The molecule has 0 spiro atoms. The van der Waals surface area contributed by atoms with Crippen molar-refractivity contribution in [1.82, 2.24) is 20.6 Å². The molecule has 2 heterocycles. The van der Waals surface area contributed by atoms with Crippen LogP contribution in [0.15, 0.2) is 53.3 Å². The minimum absolute atomic E-state index is 0.00156. The van der Waals surface area contributed by atoms with E-state index in [0.29, 0.717) is 28.8 Å². The van der Waals surface area contributed by atoms with Crippen molar-refractivity contribution >= 4 is 34.2 Å². The highest BCUT2D eigenvalue weighted by Crippen LogP contribution is 2.33. The smallest absolute Gasteiger partial charge is 0.290 e. The van der Waals surface area contributed by atoms with E-state index < -0.39 is 17.7 Å².